The Morgan fingerprint density at radius 2 is 2.41 bits per heavy atom. The third-order valence-corrected chi connectivity index (χ3v) is 3.28. The number of nitrogens with zero attached hydrogens (tertiary/aromatic N) is 3. The number of nitrogens with two attached hydrogens (primary N) is 1. The van der Waals surface area contributed by atoms with Crippen molar-refractivity contribution in [3.8, 4) is 0 Å². The molecule has 1 fully saturated rings. The Morgan fingerprint density at radius 3 is 2.94 bits per heavy atom. The summed E-state index contributed by atoms with van der Waals surface area (Å²) in [6.45, 7) is 2.29. The van der Waals surface area contributed by atoms with Crippen LogP contribution in [0.1, 0.15) is 12.0 Å². The fourth-order valence-corrected chi connectivity index (χ4v) is 2.10. The molecule has 17 heavy (non-hydrogen) atoms. The summed E-state index contributed by atoms with van der Waals surface area (Å²) in [5.74, 6) is 0.823. The van der Waals surface area contributed by atoms with E-state index in [1.807, 2.05) is 7.05 Å². The highest BCUT2D eigenvalue weighted by atomic mass is 16.1. The van der Waals surface area contributed by atoms with Gasteiger partial charge >= 0.3 is 0 Å². The van der Waals surface area contributed by atoms with Crippen LogP contribution in [0.25, 0.3) is 0 Å². The van der Waals surface area contributed by atoms with Crippen LogP contribution in [0.2, 0.25) is 0 Å². The molecule has 0 bridgehead atoms. The van der Waals surface area contributed by atoms with Crippen LogP contribution in [0.4, 0.5) is 5.82 Å². The number of hydrogen-bond acceptors (Lipinski definition) is 4. The molecule has 94 valence electrons. The average Bonchev–Trinajstić information content (AvgIpc) is 2.86. The van der Waals surface area contributed by atoms with Crippen molar-refractivity contribution in [2.75, 3.05) is 25.9 Å². The number of likely N-dealkylation sites (tertiary alicyclic amines) is 1. The van der Waals surface area contributed by atoms with E-state index in [1.165, 1.54) is 0 Å². The Balaban J connectivity index is 1.86. The molecule has 0 radical (unpaired) electrons. The largest absolute Gasteiger partial charge is 0.384 e. The van der Waals surface area contributed by atoms with Crippen molar-refractivity contribution in [2.45, 2.75) is 13.0 Å². The summed E-state index contributed by atoms with van der Waals surface area (Å²) in [4.78, 5) is 14.0. The third kappa shape index (κ3) is 2.58. The summed E-state index contributed by atoms with van der Waals surface area (Å²) >= 11 is 0. The van der Waals surface area contributed by atoms with Crippen LogP contribution in [0.3, 0.4) is 0 Å². The predicted molar refractivity (Wildman–Crippen MR) is 65.1 cm³/mol. The number of nitrogens with one attached hydrogen (secondary N) is 1. The topological polar surface area (TPSA) is 76.2 Å². The van der Waals surface area contributed by atoms with Crippen LogP contribution < -0.4 is 11.1 Å². The minimum atomic E-state index is 0.109. The normalized spacial score (nSPS) is 20.7. The van der Waals surface area contributed by atoms with Crippen molar-refractivity contribution in [3.63, 3.8) is 0 Å². The molecule has 1 saturated heterocycles. The number of nitrogen functional groups attached to an aromatic ring is 1. The molecule has 1 amide bonds. The first-order valence-corrected chi connectivity index (χ1v) is 5.80. The molecule has 1 aliphatic heterocycles. The predicted octanol–water partition coefficient (Wildman–Crippen LogP) is -0.430. The first-order chi connectivity index (χ1) is 8.08. The summed E-state index contributed by atoms with van der Waals surface area (Å²) in [5.41, 5.74) is 6.67. The first kappa shape index (κ1) is 11.9. The van der Waals surface area contributed by atoms with Gasteiger partial charge in [0.05, 0.1) is 12.1 Å². The zero-order valence-corrected chi connectivity index (χ0v) is 10.3. The van der Waals surface area contributed by atoms with E-state index in [0.29, 0.717) is 12.4 Å². The Hall–Kier alpha value is -1.56. The standard InChI is InChI=1S/C11H19N5O/c1-15-4-3-8(7-15)11(17)13-5-9-6-14-16(2)10(9)12/h6,8H,3-5,7,12H2,1-2H3,(H,13,17). The van der Waals surface area contributed by atoms with Crippen LogP contribution in [0.15, 0.2) is 6.20 Å². The summed E-state index contributed by atoms with van der Waals surface area (Å²) in [5, 5.41) is 6.95. The van der Waals surface area contributed by atoms with Crippen molar-refractivity contribution in [3.05, 3.63) is 11.8 Å². The molecule has 1 aliphatic rings. The van der Waals surface area contributed by atoms with Crippen LogP contribution in [0, 0.1) is 5.92 Å². The SMILES string of the molecule is CN1CCC(C(=O)NCc2cnn(C)c2N)C1. The summed E-state index contributed by atoms with van der Waals surface area (Å²) in [7, 11) is 3.82. The molecule has 2 heterocycles. The van der Waals surface area contributed by atoms with Gasteiger partial charge in [-0.15, -0.1) is 0 Å². The molecule has 2 rings (SSSR count). The van der Waals surface area contributed by atoms with E-state index in [1.54, 1.807) is 17.9 Å². The molecule has 0 aliphatic carbocycles. The van der Waals surface area contributed by atoms with Crippen molar-refractivity contribution in [1.82, 2.24) is 20.0 Å². The number of amides is 1. The van der Waals surface area contributed by atoms with E-state index >= 15 is 0 Å². The van der Waals surface area contributed by atoms with Crippen LogP contribution in [-0.4, -0.2) is 40.7 Å². The van der Waals surface area contributed by atoms with Gasteiger partial charge in [0.1, 0.15) is 5.82 Å². The fourth-order valence-electron chi connectivity index (χ4n) is 2.10. The quantitative estimate of drug-likeness (QED) is 0.748. The fraction of sp³-hybridized carbons (Fsp3) is 0.636. The molecule has 3 N–H and O–H groups in total. The smallest absolute Gasteiger partial charge is 0.224 e. The van der Waals surface area contributed by atoms with Crippen molar-refractivity contribution >= 4 is 11.7 Å². The Labute approximate surface area is 101 Å². The van der Waals surface area contributed by atoms with Gasteiger partial charge in [-0.2, -0.15) is 5.10 Å². The van der Waals surface area contributed by atoms with Gasteiger partial charge in [-0.3, -0.25) is 9.48 Å². The summed E-state index contributed by atoms with van der Waals surface area (Å²) in [6, 6.07) is 0. The van der Waals surface area contributed by atoms with Gasteiger partial charge in [-0.05, 0) is 20.0 Å². The average molecular weight is 237 g/mol. The van der Waals surface area contributed by atoms with Crippen LogP contribution >= 0.6 is 0 Å². The lowest BCUT2D eigenvalue weighted by Crippen LogP contribution is -2.31. The molecule has 0 aromatic carbocycles. The minimum Gasteiger partial charge on any atom is -0.384 e. The van der Waals surface area contributed by atoms with Gasteiger partial charge in [-0.25, -0.2) is 0 Å². The number of carbonyl (C=O) groups is 1. The second-order valence-electron chi connectivity index (χ2n) is 4.64. The number of aryl methyl sites for hydroxylation is 1. The van der Waals surface area contributed by atoms with Gasteiger partial charge in [0.2, 0.25) is 5.91 Å². The molecular formula is C11H19N5O. The molecule has 1 atom stereocenters. The van der Waals surface area contributed by atoms with E-state index in [9.17, 15) is 4.79 Å². The lowest BCUT2D eigenvalue weighted by atomic mass is 10.1. The highest BCUT2D eigenvalue weighted by Gasteiger charge is 2.25. The molecule has 6 heteroatoms. The maximum Gasteiger partial charge on any atom is 0.224 e. The van der Waals surface area contributed by atoms with E-state index in [2.05, 4.69) is 15.3 Å². The van der Waals surface area contributed by atoms with Gasteiger partial charge < -0.3 is 16.0 Å². The van der Waals surface area contributed by atoms with E-state index < -0.39 is 0 Å². The van der Waals surface area contributed by atoms with Crippen LogP contribution in [0.5, 0.6) is 0 Å². The molecular weight excluding hydrogens is 218 g/mol. The Morgan fingerprint density at radius 1 is 1.65 bits per heavy atom. The molecule has 1 aromatic heterocycles. The molecule has 1 unspecified atom stereocenters. The van der Waals surface area contributed by atoms with E-state index in [0.717, 1.165) is 25.1 Å². The van der Waals surface area contributed by atoms with Gasteiger partial charge in [0.15, 0.2) is 0 Å². The van der Waals surface area contributed by atoms with Gasteiger partial charge in [0.25, 0.3) is 0 Å². The second kappa shape index (κ2) is 4.75. The number of carbonyl (C=O) groups excluding carboxylic acids is 1. The first-order valence-electron chi connectivity index (χ1n) is 5.80. The van der Waals surface area contributed by atoms with E-state index in [4.69, 9.17) is 5.73 Å². The highest BCUT2D eigenvalue weighted by molar-refractivity contribution is 5.79. The highest BCUT2D eigenvalue weighted by Crippen LogP contribution is 2.15. The Bertz CT molecular complexity index is 414. The molecule has 0 spiro atoms. The van der Waals surface area contributed by atoms with Crippen molar-refractivity contribution < 1.29 is 4.79 Å². The molecule has 1 aromatic rings. The number of anilines is 1. The number of hydrogen-bond donors (Lipinski definition) is 2. The van der Waals surface area contributed by atoms with Crippen molar-refractivity contribution in [1.29, 1.82) is 0 Å². The Kier molecular flexibility index (Phi) is 3.33. The van der Waals surface area contributed by atoms with Crippen LogP contribution in [-0.2, 0) is 18.4 Å². The summed E-state index contributed by atoms with van der Waals surface area (Å²) < 4.78 is 1.60. The summed E-state index contributed by atoms with van der Waals surface area (Å²) in [6.07, 6.45) is 2.63. The zero-order chi connectivity index (χ0) is 12.4. The maximum atomic E-state index is 11.9. The zero-order valence-electron chi connectivity index (χ0n) is 10.3. The van der Waals surface area contributed by atoms with Gasteiger partial charge in [0, 0.05) is 25.7 Å². The van der Waals surface area contributed by atoms with Gasteiger partial charge in [-0.1, -0.05) is 0 Å². The maximum absolute atomic E-state index is 11.9. The second-order valence-corrected chi connectivity index (χ2v) is 4.64. The molecule has 0 saturated carbocycles. The lowest BCUT2D eigenvalue weighted by Gasteiger charge is -2.11. The third-order valence-electron chi connectivity index (χ3n) is 3.28. The number of rotatable bonds is 3. The molecule has 6 nitrogen and oxygen atoms in total. The monoisotopic (exact) mass is 237 g/mol. The minimum absolute atomic E-state index is 0.109. The van der Waals surface area contributed by atoms with Crippen molar-refractivity contribution in [2.24, 2.45) is 13.0 Å². The number of aromatic nitrogens is 2. The lowest BCUT2D eigenvalue weighted by molar-refractivity contribution is -0.124. The van der Waals surface area contributed by atoms with E-state index in [-0.39, 0.29) is 11.8 Å².